The van der Waals surface area contributed by atoms with Crippen molar-refractivity contribution in [1.29, 1.82) is 0 Å². The summed E-state index contributed by atoms with van der Waals surface area (Å²) < 4.78 is 35.2. The lowest BCUT2D eigenvalue weighted by molar-refractivity contribution is -0.160. The zero-order valence-corrected chi connectivity index (χ0v) is 21.3. The Morgan fingerprint density at radius 2 is 2.12 bits per heavy atom. The molecule has 1 aliphatic rings. The first kappa shape index (κ1) is 26.2. The number of aromatic nitrogens is 1. The lowest BCUT2D eigenvalue weighted by Gasteiger charge is -2.43. The lowest BCUT2D eigenvalue weighted by atomic mass is 9.81. The molecule has 1 aromatic heterocycles. The molecule has 1 aliphatic heterocycles. The Labute approximate surface area is 204 Å². The number of rotatable bonds is 7. The maximum Gasteiger partial charge on any atom is 0.314 e. The van der Waals surface area contributed by atoms with Crippen LogP contribution < -0.4 is 0 Å². The molecular weight excluding hydrogens is 452 g/mol. The summed E-state index contributed by atoms with van der Waals surface area (Å²) in [5, 5.41) is 0. The summed E-state index contributed by atoms with van der Waals surface area (Å²) in [5.41, 5.74) is 2.61. The minimum atomic E-state index is -3.22. The largest absolute Gasteiger partial charge is 0.469 e. The quantitative estimate of drug-likeness (QED) is 0.420. The Bertz CT molecular complexity index is 1080. The molecule has 2 atom stereocenters. The third-order valence-corrected chi connectivity index (χ3v) is 8.29. The molecule has 3 rings (SSSR count). The molecule has 2 aromatic rings. The van der Waals surface area contributed by atoms with Crippen LogP contribution in [0.2, 0.25) is 0 Å². The van der Waals surface area contributed by atoms with Crippen LogP contribution in [0.4, 0.5) is 0 Å². The van der Waals surface area contributed by atoms with E-state index in [-0.39, 0.29) is 12.5 Å². The van der Waals surface area contributed by atoms with Crippen molar-refractivity contribution in [2.45, 2.75) is 51.7 Å². The van der Waals surface area contributed by atoms with Gasteiger partial charge in [-0.2, -0.15) is 4.31 Å². The standard InChI is InChI=1S/C26H34N2O5S/c1-7-12-33-24(26(4,5)25(29)32-6)21-9-8-19(3)22(14-21)17-28-16-18(2)13-20-10-11-27-15-23(20)34(28,30)31/h1,8-11,14-15,18,24,30-31H,12-13,16-17H2,2-6H3/t18-,24?/m0/s1. The van der Waals surface area contributed by atoms with Crippen LogP contribution in [0.5, 0.6) is 0 Å². The molecular formula is C26H34N2O5S. The number of methoxy groups -OCH3 is 1. The average Bonchev–Trinajstić information content (AvgIpc) is 2.88. The van der Waals surface area contributed by atoms with E-state index in [9.17, 15) is 13.9 Å². The van der Waals surface area contributed by atoms with Crippen molar-refractivity contribution in [2.75, 3.05) is 20.3 Å². The van der Waals surface area contributed by atoms with E-state index in [1.54, 1.807) is 30.5 Å². The molecule has 184 valence electrons. The Kier molecular flexibility index (Phi) is 8.06. The number of hydrogen-bond acceptors (Lipinski definition) is 7. The predicted molar refractivity (Wildman–Crippen MR) is 133 cm³/mol. The number of ether oxygens (including phenoxy) is 2. The van der Waals surface area contributed by atoms with Crippen molar-refractivity contribution in [1.82, 2.24) is 9.29 Å². The Morgan fingerprint density at radius 3 is 2.79 bits per heavy atom. The molecule has 0 fully saturated rings. The van der Waals surface area contributed by atoms with Gasteiger partial charge in [-0.25, -0.2) is 0 Å². The first-order valence-corrected chi connectivity index (χ1v) is 12.7. The molecule has 1 unspecified atom stereocenters. The van der Waals surface area contributed by atoms with E-state index in [4.69, 9.17) is 15.9 Å². The van der Waals surface area contributed by atoms with E-state index in [2.05, 4.69) is 17.8 Å². The number of terminal acetylenes is 1. The summed E-state index contributed by atoms with van der Waals surface area (Å²) in [5.74, 6) is 2.29. The van der Waals surface area contributed by atoms with Gasteiger partial charge in [-0.05, 0) is 61.4 Å². The first-order valence-electron chi connectivity index (χ1n) is 11.2. The molecule has 8 heteroatoms. The summed E-state index contributed by atoms with van der Waals surface area (Å²) in [7, 11) is -1.87. The highest BCUT2D eigenvalue weighted by Gasteiger charge is 2.40. The van der Waals surface area contributed by atoms with E-state index in [1.807, 2.05) is 31.2 Å². The van der Waals surface area contributed by atoms with Crippen LogP contribution in [-0.2, 0) is 27.2 Å². The van der Waals surface area contributed by atoms with Gasteiger partial charge in [0, 0.05) is 19.3 Å². The van der Waals surface area contributed by atoms with E-state index < -0.39 is 28.3 Å². The number of carbonyl (C=O) groups excluding carboxylic acids is 1. The normalized spacial score (nSPS) is 19.9. The molecule has 0 saturated heterocycles. The van der Waals surface area contributed by atoms with Crippen molar-refractivity contribution in [3.05, 3.63) is 58.9 Å². The van der Waals surface area contributed by atoms with Crippen molar-refractivity contribution in [2.24, 2.45) is 11.3 Å². The van der Waals surface area contributed by atoms with Crippen LogP contribution in [0.3, 0.4) is 0 Å². The van der Waals surface area contributed by atoms with Crippen molar-refractivity contribution in [3.63, 3.8) is 0 Å². The minimum Gasteiger partial charge on any atom is -0.469 e. The molecule has 0 aliphatic carbocycles. The highest BCUT2D eigenvalue weighted by Crippen LogP contribution is 2.55. The maximum absolute atomic E-state index is 12.5. The van der Waals surface area contributed by atoms with Crippen molar-refractivity contribution < 1.29 is 23.4 Å². The van der Waals surface area contributed by atoms with Gasteiger partial charge in [-0.1, -0.05) is 31.0 Å². The maximum atomic E-state index is 12.5. The molecule has 0 bridgehead atoms. The van der Waals surface area contributed by atoms with Crippen molar-refractivity contribution in [3.8, 4) is 12.3 Å². The lowest BCUT2D eigenvalue weighted by Crippen LogP contribution is -2.34. The van der Waals surface area contributed by atoms with Crippen LogP contribution in [-0.4, -0.2) is 44.6 Å². The summed E-state index contributed by atoms with van der Waals surface area (Å²) >= 11 is 0. The number of fused-ring (bicyclic) bond motifs is 1. The third kappa shape index (κ3) is 5.29. The molecule has 0 spiro atoms. The Balaban J connectivity index is 2.00. The monoisotopic (exact) mass is 486 g/mol. The Morgan fingerprint density at radius 1 is 1.38 bits per heavy atom. The fourth-order valence-electron chi connectivity index (χ4n) is 4.45. The summed E-state index contributed by atoms with van der Waals surface area (Å²) in [4.78, 5) is 17.1. The first-order chi connectivity index (χ1) is 16.0. The zero-order valence-electron chi connectivity index (χ0n) is 20.4. The van der Waals surface area contributed by atoms with E-state index >= 15 is 0 Å². The van der Waals surface area contributed by atoms with Gasteiger partial charge >= 0.3 is 5.97 Å². The van der Waals surface area contributed by atoms with Gasteiger partial charge in [0.25, 0.3) is 0 Å². The van der Waals surface area contributed by atoms with E-state index in [0.717, 1.165) is 28.7 Å². The molecule has 34 heavy (non-hydrogen) atoms. The van der Waals surface area contributed by atoms with Gasteiger partial charge in [0.05, 0.1) is 29.7 Å². The molecule has 2 N–H and O–H groups in total. The highest BCUT2D eigenvalue weighted by molar-refractivity contribution is 8.22. The zero-order chi connectivity index (χ0) is 25.1. The topological polar surface area (TPSA) is 92.1 Å². The number of benzene rings is 1. The van der Waals surface area contributed by atoms with E-state index in [1.165, 1.54) is 7.11 Å². The molecule has 1 aromatic carbocycles. The van der Waals surface area contributed by atoms with Gasteiger partial charge in [-0.3, -0.25) is 18.9 Å². The predicted octanol–water partition coefficient (Wildman–Crippen LogP) is 5.00. The smallest absolute Gasteiger partial charge is 0.314 e. The molecule has 7 nitrogen and oxygen atoms in total. The van der Waals surface area contributed by atoms with Gasteiger partial charge in [-0.15, -0.1) is 17.2 Å². The third-order valence-electron chi connectivity index (χ3n) is 6.33. The molecule has 0 amide bonds. The van der Waals surface area contributed by atoms with Gasteiger partial charge < -0.3 is 9.47 Å². The summed E-state index contributed by atoms with van der Waals surface area (Å²) in [6.07, 6.45) is 8.78. The summed E-state index contributed by atoms with van der Waals surface area (Å²) in [6.45, 7) is 8.48. The molecule has 0 saturated carbocycles. The average molecular weight is 487 g/mol. The van der Waals surface area contributed by atoms with Gasteiger partial charge in [0.1, 0.15) is 6.61 Å². The van der Waals surface area contributed by atoms with Crippen LogP contribution in [0.25, 0.3) is 0 Å². The second-order valence-electron chi connectivity index (χ2n) is 9.43. The number of esters is 1. The summed E-state index contributed by atoms with van der Waals surface area (Å²) in [6, 6.07) is 7.67. The number of nitrogens with zero attached hydrogens (tertiary/aromatic N) is 2. The van der Waals surface area contributed by atoms with Crippen molar-refractivity contribution >= 4 is 16.7 Å². The molecule has 2 heterocycles. The SMILES string of the molecule is C#CCOC(c1ccc(C)c(CN2C[C@@H](C)Cc3ccncc3S2(O)O)c1)C(C)(C)C(=O)OC. The number of pyridine rings is 1. The van der Waals surface area contributed by atoms with Gasteiger partial charge in [0.2, 0.25) is 0 Å². The van der Waals surface area contributed by atoms with Crippen LogP contribution in [0.1, 0.15) is 49.1 Å². The Hall–Kier alpha value is -2.41. The number of aryl methyl sites for hydroxylation is 1. The second-order valence-corrected chi connectivity index (χ2v) is 11.4. The van der Waals surface area contributed by atoms with E-state index in [0.29, 0.717) is 18.0 Å². The number of hydrogen-bond donors (Lipinski definition) is 2. The fourth-order valence-corrected chi connectivity index (χ4v) is 6.21. The minimum absolute atomic E-state index is 0.0439. The van der Waals surface area contributed by atoms with Crippen LogP contribution in [0.15, 0.2) is 41.6 Å². The fraction of sp³-hybridized carbons (Fsp3) is 0.462. The van der Waals surface area contributed by atoms with Crippen LogP contribution in [0, 0.1) is 30.6 Å². The second kappa shape index (κ2) is 10.5. The highest BCUT2D eigenvalue weighted by atomic mass is 32.3. The van der Waals surface area contributed by atoms with Crippen LogP contribution >= 0.6 is 10.8 Å². The molecule has 0 radical (unpaired) electrons. The number of carbonyl (C=O) groups is 1. The van der Waals surface area contributed by atoms with Gasteiger partial charge in [0.15, 0.2) is 0 Å².